The van der Waals surface area contributed by atoms with Crippen molar-refractivity contribution in [3.63, 3.8) is 0 Å². The number of carbonyl (C=O) groups is 1. The van der Waals surface area contributed by atoms with Crippen LogP contribution in [0.25, 0.3) is 0 Å². The topological polar surface area (TPSA) is 81.5 Å². The molecule has 6 heteroatoms. The molecule has 2 aromatic rings. The van der Waals surface area contributed by atoms with Gasteiger partial charge in [0.15, 0.2) is 0 Å². The van der Waals surface area contributed by atoms with Crippen LogP contribution in [-0.4, -0.2) is 24.5 Å². The Kier molecular flexibility index (Phi) is 6.31. The van der Waals surface area contributed by atoms with Gasteiger partial charge in [-0.25, -0.2) is 0 Å². The molecule has 1 amide bonds. The zero-order valence-electron chi connectivity index (χ0n) is 13.5. The van der Waals surface area contributed by atoms with Gasteiger partial charge in [-0.15, -0.1) is 0 Å². The molecule has 24 heavy (non-hydrogen) atoms. The lowest BCUT2D eigenvalue weighted by Gasteiger charge is -2.07. The molecular weight excluding hydrogens is 308 g/mol. The molecule has 0 fully saturated rings. The lowest BCUT2D eigenvalue weighted by molar-refractivity contribution is -0.385. The van der Waals surface area contributed by atoms with Gasteiger partial charge in [0.05, 0.1) is 18.5 Å². The third kappa shape index (κ3) is 5.08. The van der Waals surface area contributed by atoms with Crippen LogP contribution in [0.2, 0.25) is 0 Å². The van der Waals surface area contributed by atoms with Gasteiger partial charge < -0.3 is 10.1 Å². The first-order valence-corrected chi connectivity index (χ1v) is 7.72. The Labute approximate surface area is 140 Å². The first-order chi connectivity index (χ1) is 11.6. The number of amides is 1. The fourth-order valence-corrected chi connectivity index (χ4v) is 2.42. The molecule has 0 aliphatic rings. The molecule has 0 saturated heterocycles. The second-order valence-electron chi connectivity index (χ2n) is 5.37. The van der Waals surface area contributed by atoms with Gasteiger partial charge in [0.25, 0.3) is 5.69 Å². The maximum absolute atomic E-state index is 11.9. The molecule has 2 aromatic carbocycles. The monoisotopic (exact) mass is 328 g/mol. The van der Waals surface area contributed by atoms with Crippen LogP contribution in [0.5, 0.6) is 5.75 Å². The van der Waals surface area contributed by atoms with Crippen molar-refractivity contribution >= 4 is 11.6 Å². The number of nitro benzene ring substituents is 1. The number of ether oxygens (including phenoxy) is 1. The van der Waals surface area contributed by atoms with Crippen molar-refractivity contribution in [1.29, 1.82) is 0 Å². The summed E-state index contributed by atoms with van der Waals surface area (Å²) in [5.41, 5.74) is 1.54. The molecule has 0 atom stereocenters. The minimum atomic E-state index is -0.467. The number of hydrogen-bond donors (Lipinski definition) is 1. The minimum absolute atomic E-state index is 0.0102. The van der Waals surface area contributed by atoms with Gasteiger partial charge in [-0.05, 0) is 30.5 Å². The predicted octanol–water partition coefficient (Wildman–Crippen LogP) is 2.89. The predicted molar refractivity (Wildman–Crippen MR) is 91.1 cm³/mol. The number of nitrogens with zero attached hydrogens (tertiary/aromatic N) is 1. The van der Waals surface area contributed by atoms with E-state index < -0.39 is 4.92 Å². The summed E-state index contributed by atoms with van der Waals surface area (Å²) in [4.78, 5) is 22.4. The number of nitro groups is 1. The Morgan fingerprint density at radius 2 is 2.00 bits per heavy atom. The van der Waals surface area contributed by atoms with E-state index in [2.05, 4.69) is 5.32 Å². The van der Waals surface area contributed by atoms with Gasteiger partial charge in [-0.1, -0.05) is 30.3 Å². The SMILES string of the molecule is COc1cccc(CCCNC(=O)Cc2ccccc2[N+](=O)[O-])c1. The summed E-state index contributed by atoms with van der Waals surface area (Å²) in [5, 5.41) is 13.7. The molecule has 0 radical (unpaired) electrons. The van der Waals surface area contributed by atoms with E-state index in [1.807, 2.05) is 24.3 Å². The minimum Gasteiger partial charge on any atom is -0.497 e. The van der Waals surface area contributed by atoms with Gasteiger partial charge in [0.2, 0.25) is 5.91 Å². The van der Waals surface area contributed by atoms with Crippen molar-refractivity contribution in [2.45, 2.75) is 19.3 Å². The van der Waals surface area contributed by atoms with E-state index in [-0.39, 0.29) is 18.0 Å². The summed E-state index contributed by atoms with van der Waals surface area (Å²) in [6, 6.07) is 14.1. The van der Waals surface area contributed by atoms with E-state index >= 15 is 0 Å². The highest BCUT2D eigenvalue weighted by molar-refractivity contribution is 5.79. The van der Waals surface area contributed by atoms with Gasteiger partial charge in [0.1, 0.15) is 5.75 Å². The first-order valence-electron chi connectivity index (χ1n) is 7.72. The van der Waals surface area contributed by atoms with E-state index in [1.165, 1.54) is 6.07 Å². The molecule has 2 rings (SSSR count). The van der Waals surface area contributed by atoms with Crippen molar-refractivity contribution in [3.8, 4) is 5.75 Å². The summed E-state index contributed by atoms with van der Waals surface area (Å²) in [6.07, 6.45) is 1.62. The van der Waals surface area contributed by atoms with E-state index in [9.17, 15) is 14.9 Å². The van der Waals surface area contributed by atoms with Crippen LogP contribution in [0.15, 0.2) is 48.5 Å². The number of aryl methyl sites for hydroxylation is 1. The molecule has 0 spiro atoms. The second-order valence-corrected chi connectivity index (χ2v) is 5.37. The lowest BCUT2D eigenvalue weighted by Crippen LogP contribution is -2.26. The standard InChI is InChI=1S/C18H20N2O4/c1-24-16-9-4-6-14(12-16)7-5-11-19-18(21)13-15-8-2-3-10-17(15)20(22)23/h2-4,6,8-10,12H,5,7,11,13H2,1H3,(H,19,21). The second kappa shape index (κ2) is 8.67. The number of nitrogens with one attached hydrogen (secondary N) is 1. The van der Waals surface area contributed by atoms with E-state index in [4.69, 9.17) is 4.74 Å². The molecule has 126 valence electrons. The third-order valence-corrected chi connectivity index (χ3v) is 3.64. The molecule has 0 saturated carbocycles. The van der Waals surface area contributed by atoms with Crippen LogP contribution in [-0.2, 0) is 17.6 Å². The Balaban J connectivity index is 1.78. The number of benzene rings is 2. The van der Waals surface area contributed by atoms with Crippen LogP contribution in [0.1, 0.15) is 17.5 Å². The average Bonchev–Trinajstić information content (AvgIpc) is 2.59. The van der Waals surface area contributed by atoms with Gasteiger partial charge >= 0.3 is 0 Å². The molecule has 6 nitrogen and oxygen atoms in total. The summed E-state index contributed by atoms with van der Waals surface area (Å²) in [7, 11) is 1.63. The lowest BCUT2D eigenvalue weighted by atomic mass is 10.1. The number of rotatable bonds is 8. The fourth-order valence-electron chi connectivity index (χ4n) is 2.42. The van der Waals surface area contributed by atoms with Crippen LogP contribution in [0, 0.1) is 10.1 Å². The number of carbonyl (C=O) groups excluding carboxylic acids is 1. The average molecular weight is 328 g/mol. The van der Waals surface area contributed by atoms with E-state index in [0.29, 0.717) is 12.1 Å². The molecule has 0 aromatic heterocycles. The van der Waals surface area contributed by atoms with Crippen molar-refractivity contribution in [3.05, 3.63) is 69.8 Å². The normalized spacial score (nSPS) is 10.2. The third-order valence-electron chi connectivity index (χ3n) is 3.64. The van der Waals surface area contributed by atoms with Crippen LogP contribution < -0.4 is 10.1 Å². The van der Waals surface area contributed by atoms with Crippen LogP contribution in [0.4, 0.5) is 5.69 Å². The Morgan fingerprint density at radius 3 is 2.75 bits per heavy atom. The smallest absolute Gasteiger partial charge is 0.273 e. The maximum Gasteiger partial charge on any atom is 0.273 e. The van der Waals surface area contributed by atoms with E-state index in [1.54, 1.807) is 25.3 Å². The first kappa shape index (κ1) is 17.5. The number of para-hydroxylation sites is 1. The highest BCUT2D eigenvalue weighted by Crippen LogP contribution is 2.18. The van der Waals surface area contributed by atoms with Gasteiger partial charge in [-0.3, -0.25) is 14.9 Å². The fraction of sp³-hybridized carbons (Fsp3) is 0.278. The highest BCUT2D eigenvalue weighted by atomic mass is 16.6. The molecule has 0 aliphatic carbocycles. The largest absolute Gasteiger partial charge is 0.497 e. The molecule has 0 heterocycles. The summed E-state index contributed by atoms with van der Waals surface area (Å²) < 4.78 is 5.17. The Hall–Kier alpha value is -2.89. The van der Waals surface area contributed by atoms with Crippen LogP contribution >= 0.6 is 0 Å². The van der Waals surface area contributed by atoms with Crippen molar-refractivity contribution in [2.75, 3.05) is 13.7 Å². The van der Waals surface area contributed by atoms with Crippen LogP contribution in [0.3, 0.4) is 0 Å². The number of hydrogen-bond acceptors (Lipinski definition) is 4. The quantitative estimate of drug-likeness (QED) is 0.459. The van der Waals surface area contributed by atoms with Crippen molar-refractivity contribution in [1.82, 2.24) is 5.32 Å². The highest BCUT2D eigenvalue weighted by Gasteiger charge is 2.14. The molecule has 0 bridgehead atoms. The van der Waals surface area contributed by atoms with Gasteiger partial charge in [0, 0.05) is 18.2 Å². The van der Waals surface area contributed by atoms with Gasteiger partial charge in [-0.2, -0.15) is 0 Å². The zero-order chi connectivity index (χ0) is 17.4. The summed E-state index contributed by atoms with van der Waals surface area (Å²) in [6.45, 7) is 0.524. The summed E-state index contributed by atoms with van der Waals surface area (Å²) >= 11 is 0. The molecular formula is C18H20N2O4. The molecule has 0 aliphatic heterocycles. The molecule has 0 unspecified atom stereocenters. The zero-order valence-corrected chi connectivity index (χ0v) is 13.5. The maximum atomic E-state index is 11.9. The van der Waals surface area contributed by atoms with Crippen molar-refractivity contribution in [2.24, 2.45) is 0 Å². The van der Waals surface area contributed by atoms with E-state index in [0.717, 1.165) is 24.2 Å². The summed E-state index contributed by atoms with van der Waals surface area (Å²) in [5.74, 6) is 0.600. The molecule has 1 N–H and O–H groups in total. The Morgan fingerprint density at radius 1 is 1.21 bits per heavy atom. The van der Waals surface area contributed by atoms with Crippen molar-refractivity contribution < 1.29 is 14.5 Å². The number of methoxy groups -OCH3 is 1. The Bertz CT molecular complexity index is 716.